The van der Waals surface area contributed by atoms with E-state index < -0.39 is 0 Å². The van der Waals surface area contributed by atoms with Gasteiger partial charge in [0.15, 0.2) is 5.84 Å². The smallest absolute Gasteiger partial charge is 0.170 e. The highest BCUT2D eigenvalue weighted by Crippen LogP contribution is 2.22. The molecule has 0 saturated carbocycles. The number of rotatable bonds is 4. The summed E-state index contributed by atoms with van der Waals surface area (Å²) < 4.78 is 0. The Morgan fingerprint density at radius 1 is 1.25 bits per heavy atom. The Morgan fingerprint density at radius 2 is 1.95 bits per heavy atom. The molecular formula is C15H16ClN3O. The number of amidine groups is 1. The molecule has 3 N–H and O–H groups in total. The van der Waals surface area contributed by atoms with E-state index in [1.807, 2.05) is 43.4 Å². The summed E-state index contributed by atoms with van der Waals surface area (Å²) in [5.74, 6) is 0.0508. The minimum Gasteiger partial charge on any atom is -0.409 e. The average molecular weight is 290 g/mol. The van der Waals surface area contributed by atoms with E-state index in [0.717, 1.165) is 11.3 Å². The molecule has 0 aliphatic carbocycles. The number of oxime groups is 1. The first-order valence-electron chi connectivity index (χ1n) is 6.14. The van der Waals surface area contributed by atoms with Crippen LogP contribution in [0.5, 0.6) is 0 Å². The number of benzene rings is 2. The first-order valence-corrected chi connectivity index (χ1v) is 6.52. The topological polar surface area (TPSA) is 61.8 Å². The van der Waals surface area contributed by atoms with Crippen molar-refractivity contribution in [2.45, 2.75) is 6.54 Å². The van der Waals surface area contributed by atoms with Crippen LogP contribution in [-0.2, 0) is 6.54 Å². The number of hydrogen-bond donors (Lipinski definition) is 2. The van der Waals surface area contributed by atoms with Crippen LogP contribution in [0.4, 0.5) is 5.69 Å². The van der Waals surface area contributed by atoms with Gasteiger partial charge in [0.1, 0.15) is 0 Å². The van der Waals surface area contributed by atoms with Gasteiger partial charge in [-0.15, -0.1) is 0 Å². The fourth-order valence-electron chi connectivity index (χ4n) is 1.92. The van der Waals surface area contributed by atoms with Crippen LogP contribution in [0.25, 0.3) is 0 Å². The maximum atomic E-state index is 8.65. The molecule has 0 aliphatic rings. The normalized spacial score (nSPS) is 11.4. The number of nitrogens with zero attached hydrogens (tertiary/aromatic N) is 2. The fourth-order valence-corrected chi connectivity index (χ4v) is 2.16. The predicted molar refractivity (Wildman–Crippen MR) is 82.5 cm³/mol. The van der Waals surface area contributed by atoms with Crippen LogP contribution in [0.2, 0.25) is 5.02 Å². The lowest BCUT2D eigenvalue weighted by Gasteiger charge is -2.20. The zero-order chi connectivity index (χ0) is 14.5. The molecule has 0 saturated heterocycles. The Hall–Kier alpha value is -2.20. The zero-order valence-corrected chi connectivity index (χ0v) is 11.9. The maximum Gasteiger partial charge on any atom is 0.170 e. The standard InChI is InChI=1S/C15H16ClN3O/c1-19(13-5-3-2-4-6-13)10-12-8-7-11(9-14(12)16)15(17)18-20/h2-9,20H,10H2,1H3,(H2,17,18). The van der Waals surface area contributed by atoms with Gasteiger partial charge in [0, 0.05) is 29.9 Å². The van der Waals surface area contributed by atoms with E-state index in [9.17, 15) is 0 Å². The lowest BCUT2D eigenvalue weighted by atomic mass is 10.1. The van der Waals surface area contributed by atoms with E-state index in [4.69, 9.17) is 22.5 Å². The van der Waals surface area contributed by atoms with E-state index in [1.165, 1.54) is 0 Å². The lowest BCUT2D eigenvalue weighted by molar-refractivity contribution is 0.318. The highest BCUT2D eigenvalue weighted by molar-refractivity contribution is 6.31. The molecule has 0 atom stereocenters. The van der Waals surface area contributed by atoms with Crippen molar-refractivity contribution in [3.8, 4) is 0 Å². The van der Waals surface area contributed by atoms with Gasteiger partial charge in [-0.3, -0.25) is 0 Å². The van der Waals surface area contributed by atoms with Crippen LogP contribution in [0, 0.1) is 0 Å². The molecular weight excluding hydrogens is 274 g/mol. The van der Waals surface area contributed by atoms with Crippen LogP contribution in [0.15, 0.2) is 53.7 Å². The molecule has 0 aliphatic heterocycles. The largest absolute Gasteiger partial charge is 0.409 e. The molecule has 2 aromatic rings. The molecule has 0 heterocycles. The van der Waals surface area contributed by atoms with Crippen molar-refractivity contribution in [2.75, 3.05) is 11.9 Å². The molecule has 2 aromatic carbocycles. The Labute approximate surface area is 123 Å². The fraction of sp³-hybridized carbons (Fsp3) is 0.133. The summed E-state index contributed by atoms with van der Waals surface area (Å²) in [4.78, 5) is 2.10. The molecule has 20 heavy (non-hydrogen) atoms. The van der Waals surface area contributed by atoms with E-state index >= 15 is 0 Å². The highest BCUT2D eigenvalue weighted by atomic mass is 35.5. The summed E-state index contributed by atoms with van der Waals surface area (Å²) in [7, 11) is 2.00. The first kappa shape index (κ1) is 14.2. The number of anilines is 1. The van der Waals surface area contributed by atoms with Crippen LogP contribution >= 0.6 is 11.6 Å². The molecule has 0 amide bonds. The lowest BCUT2D eigenvalue weighted by Crippen LogP contribution is -2.17. The second-order valence-corrected chi connectivity index (χ2v) is 4.89. The Bertz CT molecular complexity index is 614. The number of nitrogens with two attached hydrogens (primary N) is 1. The Kier molecular flexibility index (Phi) is 4.48. The van der Waals surface area contributed by atoms with Gasteiger partial charge < -0.3 is 15.8 Å². The van der Waals surface area contributed by atoms with Gasteiger partial charge in [-0.25, -0.2) is 0 Å². The van der Waals surface area contributed by atoms with Crippen molar-refractivity contribution in [1.82, 2.24) is 0 Å². The van der Waals surface area contributed by atoms with E-state index in [1.54, 1.807) is 12.1 Å². The Balaban J connectivity index is 2.18. The average Bonchev–Trinajstić information content (AvgIpc) is 2.49. The van der Waals surface area contributed by atoms with Crippen molar-refractivity contribution >= 4 is 23.1 Å². The van der Waals surface area contributed by atoms with Gasteiger partial charge in [-0.05, 0) is 23.8 Å². The molecule has 5 heteroatoms. The third-order valence-electron chi connectivity index (χ3n) is 3.06. The van der Waals surface area contributed by atoms with Gasteiger partial charge >= 0.3 is 0 Å². The summed E-state index contributed by atoms with van der Waals surface area (Å²) >= 11 is 6.24. The molecule has 4 nitrogen and oxygen atoms in total. The second kappa shape index (κ2) is 6.30. The van der Waals surface area contributed by atoms with E-state index in [2.05, 4.69) is 10.1 Å². The quantitative estimate of drug-likeness (QED) is 0.393. The molecule has 2 rings (SSSR count). The van der Waals surface area contributed by atoms with Crippen molar-refractivity contribution < 1.29 is 5.21 Å². The van der Waals surface area contributed by atoms with Crippen LogP contribution in [0.1, 0.15) is 11.1 Å². The van der Waals surface area contributed by atoms with Crippen LogP contribution in [-0.4, -0.2) is 18.1 Å². The summed E-state index contributed by atoms with van der Waals surface area (Å²) in [6.45, 7) is 0.680. The molecule has 0 bridgehead atoms. The summed E-state index contributed by atoms with van der Waals surface area (Å²) in [6.07, 6.45) is 0. The van der Waals surface area contributed by atoms with E-state index in [0.29, 0.717) is 17.1 Å². The van der Waals surface area contributed by atoms with Crippen LogP contribution < -0.4 is 10.6 Å². The maximum absolute atomic E-state index is 8.65. The zero-order valence-electron chi connectivity index (χ0n) is 11.1. The molecule has 0 aromatic heterocycles. The Morgan fingerprint density at radius 3 is 2.55 bits per heavy atom. The predicted octanol–water partition coefficient (Wildman–Crippen LogP) is 3.07. The van der Waals surface area contributed by atoms with Crippen molar-refractivity contribution in [1.29, 1.82) is 0 Å². The van der Waals surface area contributed by atoms with Gasteiger partial charge in [-0.1, -0.05) is 47.1 Å². The summed E-state index contributed by atoms with van der Waals surface area (Å²) in [6, 6.07) is 15.4. The molecule has 0 fully saturated rings. The molecule has 104 valence electrons. The van der Waals surface area contributed by atoms with Crippen LogP contribution in [0.3, 0.4) is 0 Å². The van der Waals surface area contributed by atoms with Gasteiger partial charge in [-0.2, -0.15) is 0 Å². The molecule has 0 radical (unpaired) electrons. The van der Waals surface area contributed by atoms with Gasteiger partial charge in [0.2, 0.25) is 0 Å². The monoisotopic (exact) mass is 289 g/mol. The van der Waals surface area contributed by atoms with Gasteiger partial charge in [0.05, 0.1) is 0 Å². The minimum atomic E-state index is 0.0508. The highest BCUT2D eigenvalue weighted by Gasteiger charge is 2.08. The number of para-hydroxylation sites is 1. The van der Waals surface area contributed by atoms with Gasteiger partial charge in [0.25, 0.3) is 0 Å². The summed E-state index contributed by atoms with van der Waals surface area (Å²) in [5, 5.41) is 12.2. The van der Waals surface area contributed by atoms with Crippen molar-refractivity contribution in [3.63, 3.8) is 0 Å². The third-order valence-corrected chi connectivity index (χ3v) is 3.41. The summed E-state index contributed by atoms with van der Waals surface area (Å²) in [5.41, 5.74) is 8.23. The second-order valence-electron chi connectivity index (χ2n) is 4.48. The van der Waals surface area contributed by atoms with Crippen molar-refractivity contribution in [2.24, 2.45) is 10.9 Å². The first-order chi connectivity index (χ1) is 9.61. The van der Waals surface area contributed by atoms with Crippen molar-refractivity contribution in [3.05, 3.63) is 64.7 Å². The van der Waals surface area contributed by atoms with E-state index in [-0.39, 0.29) is 5.84 Å². The third kappa shape index (κ3) is 3.22. The minimum absolute atomic E-state index is 0.0508. The molecule has 0 spiro atoms. The number of hydrogen-bond acceptors (Lipinski definition) is 3. The number of halogens is 1. The SMILES string of the molecule is CN(Cc1ccc(/C(N)=N/O)cc1Cl)c1ccccc1. The molecule has 0 unspecified atom stereocenters.